The molecule has 2 nitrogen and oxygen atoms in total. The molecular weight excluding hydrogens is 185 g/mol. The van der Waals surface area contributed by atoms with E-state index in [1.54, 1.807) is 0 Å². The van der Waals surface area contributed by atoms with Crippen LogP contribution in [0.25, 0.3) is 0 Å². The van der Waals surface area contributed by atoms with Gasteiger partial charge in [-0.2, -0.15) is 0 Å². The second-order valence-corrected chi connectivity index (χ2v) is 3.58. The molecule has 13 heavy (non-hydrogen) atoms. The van der Waals surface area contributed by atoms with E-state index in [9.17, 15) is 18.0 Å². The zero-order chi connectivity index (χ0) is 10.8. The maximum Gasteiger partial charge on any atom is 0.334 e. The smallest absolute Gasteiger partial charge is 0.334 e. The van der Waals surface area contributed by atoms with Crippen LogP contribution < -0.4 is 0 Å². The Morgan fingerprint density at radius 2 is 1.69 bits per heavy atom. The molecule has 76 valence electrons. The molecule has 0 heterocycles. The standard InChI is InChI=1S/C8H11F3O2/c1-8(2,3)4(7(12)13)5(9)6(10)11/h6H,1-3H3,(H,12,13)/b5-4+. The molecule has 0 aliphatic heterocycles. The van der Waals surface area contributed by atoms with E-state index in [-0.39, 0.29) is 0 Å². The Hall–Kier alpha value is -1.00. The van der Waals surface area contributed by atoms with Gasteiger partial charge in [-0.3, -0.25) is 0 Å². The number of carboxylic acids is 1. The SMILES string of the molecule is CC(C)(C)/C(C(=O)O)=C(/F)C(F)F. The number of carboxylic acid groups (broad SMARTS) is 1. The fraction of sp³-hybridized carbons (Fsp3) is 0.625. The summed E-state index contributed by atoms with van der Waals surface area (Å²) in [6.07, 6.45) is -3.37. The minimum absolute atomic E-state index is 0.873. The molecule has 0 aromatic carbocycles. The van der Waals surface area contributed by atoms with E-state index in [0.29, 0.717) is 0 Å². The molecule has 0 spiro atoms. The molecule has 1 N–H and O–H groups in total. The lowest BCUT2D eigenvalue weighted by atomic mass is 9.86. The van der Waals surface area contributed by atoms with Crippen molar-refractivity contribution in [3.63, 3.8) is 0 Å². The van der Waals surface area contributed by atoms with Gasteiger partial charge < -0.3 is 5.11 Å². The first-order valence-corrected chi connectivity index (χ1v) is 3.59. The maximum absolute atomic E-state index is 12.7. The molecule has 0 saturated carbocycles. The Labute approximate surface area is 74.1 Å². The molecule has 0 aliphatic rings. The van der Waals surface area contributed by atoms with Gasteiger partial charge >= 0.3 is 5.97 Å². The van der Waals surface area contributed by atoms with Gasteiger partial charge in [0.1, 0.15) is 0 Å². The fourth-order valence-electron chi connectivity index (χ4n) is 0.890. The molecule has 0 fully saturated rings. The summed E-state index contributed by atoms with van der Waals surface area (Å²) in [6, 6.07) is 0. The minimum atomic E-state index is -3.37. The van der Waals surface area contributed by atoms with Crippen molar-refractivity contribution >= 4 is 5.97 Å². The van der Waals surface area contributed by atoms with Crippen LogP contribution in [0.15, 0.2) is 11.4 Å². The van der Waals surface area contributed by atoms with E-state index >= 15 is 0 Å². The van der Waals surface area contributed by atoms with E-state index in [2.05, 4.69) is 0 Å². The molecule has 0 aromatic heterocycles. The van der Waals surface area contributed by atoms with Gasteiger partial charge in [0.2, 0.25) is 0 Å². The summed E-state index contributed by atoms with van der Waals surface area (Å²) in [7, 11) is 0. The molecule has 0 atom stereocenters. The highest BCUT2D eigenvalue weighted by atomic mass is 19.3. The molecular formula is C8H11F3O2. The van der Waals surface area contributed by atoms with Crippen LogP contribution in [-0.4, -0.2) is 17.5 Å². The Bertz CT molecular complexity index is 238. The van der Waals surface area contributed by atoms with Crippen LogP contribution in [0.1, 0.15) is 20.8 Å². The topological polar surface area (TPSA) is 37.3 Å². The normalized spacial score (nSPS) is 14.4. The van der Waals surface area contributed by atoms with Crippen molar-refractivity contribution in [2.45, 2.75) is 27.2 Å². The van der Waals surface area contributed by atoms with Crippen molar-refractivity contribution in [1.82, 2.24) is 0 Å². The lowest BCUT2D eigenvalue weighted by Gasteiger charge is -2.19. The van der Waals surface area contributed by atoms with Gasteiger partial charge in [-0.25, -0.2) is 18.0 Å². The summed E-state index contributed by atoms with van der Waals surface area (Å²) in [5, 5.41) is 8.50. The number of halogens is 3. The summed E-state index contributed by atoms with van der Waals surface area (Å²) in [6.45, 7) is 4.08. The summed E-state index contributed by atoms with van der Waals surface area (Å²) >= 11 is 0. The third-order valence-corrected chi connectivity index (χ3v) is 1.39. The molecule has 0 aliphatic carbocycles. The molecule has 0 rings (SSSR count). The Morgan fingerprint density at radius 3 is 1.77 bits per heavy atom. The summed E-state index contributed by atoms with van der Waals surface area (Å²) in [4.78, 5) is 10.5. The van der Waals surface area contributed by atoms with Crippen LogP contribution in [0.5, 0.6) is 0 Å². The zero-order valence-electron chi connectivity index (χ0n) is 7.57. The highest BCUT2D eigenvalue weighted by Crippen LogP contribution is 2.31. The van der Waals surface area contributed by atoms with Crippen LogP contribution >= 0.6 is 0 Å². The fourth-order valence-corrected chi connectivity index (χ4v) is 0.890. The van der Waals surface area contributed by atoms with Gasteiger partial charge in [-0.05, 0) is 5.41 Å². The molecule has 5 heteroatoms. The Kier molecular flexibility index (Phi) is 3.51. The van der Waals surface area contributed by atoms with Crippen molar-refractivity contribution in [3.8, 4) is 0 Å². The number of carbonyl (C=O) groups is 1. The van der Waals surface area contributed by atoms with Crippen molar-refractivity contribution in [1.29, 1.82) is 0 Å². The van der Waals surface area contributed by atoms with Crippen molar-refractivity contribution < 1.29 is 23.1 Å². The first kappa shape index (κ1) is 12.0. The minimum Gasteiger partial charge on any atom is -0.478 e. The van der Waals surface area contributed by atoms with E-state index in [0.717, 1.165) is 0 Å². The van der Waals surface area contributed by atoms with E-state index < -0.39 is 29.2 Å². The number of alkyl halides is 2. The van der Waals surface area contributed by atoms with Crippen molar-refractivity contribution in [2.75, 3.05) is 0 Å². The summed E-state index contributed by atoms with van der Waals surface area (Å²) < 4.78 is 36.4. The highest BCUT2D eigenvalue weighted by molar-refractivity contribution is 5.88. The lowest BCUT2D eigenvalue weighted by molar-refractivity contribution is -0.134. The molecule has 0 amide bonds. The van der Waals surface area contributed by atoms with Gasteiger partial charge in [0.05, 0.1) is 5.57 Å². The maximum atomic E-state index is 12.7. The van der Waals surface area contributed by atoms with Crippen LogP contribution in [0.2, 0.25) is 0 Å². The molecule has 0 aromatic rings. The van der Waals surface area contributed by atoms with Crippen LogP contribution in [0, 0.1) is 5.41 Å². The molecule has 0 radical (unpaired) electrons. The molecule has 0 unspecified atom stereocenters. The number of allylic oxidation sites excluding steroid dienone is 1. The average Bonchev–Trinajstić information content (AvgIpc) is 1.82. The lowest BCUT2D eigenvalue weighted by Crippen LogP contribution is -2.20. The van der Waals surface area contributed by atoms with Gasteiger partial charge in [0, 0.05) is 0 Å². The van der Waals surface area contributed by atoms with Gasteiger partial charge in [0.15, 0.2) is 5.83 Å². The predicted molar refractivity (Wildman–Crippen MR) is 41.2 cm³/mol. The number of hydrogen-bond donors (Lipinski definition) is 1. The van der Waals surface area contributed by atoms with Gasteiger partial charge in [0.25, 0.3) is 6.43 Å². The Balaban J connectivity index is 5.27. The third kappa shape index (κ3) is 3.08. The van der Waals surface area contributed by atoms with Crippen molar-refractivity contribution in [2.24, 2.45) is 5.41 Å². The molecule has 0 bridgehead atoms. The third-order valence-electron chi connectivity index (χ3n) is 1.39. The first-order valence-electron chi connectivity index (χ1n) is 3.59. The average molecular weight is 196 g/mol. The van der Waals surface area contributed by atoms with E-state index in [1.807, 2.05) is 0 Å². The largest absolute Gasteiger partial charge is 0.478 e. The number of aliphatic carboxylic acids is 1. The van der Waals surface area contributed by atoms with E-state index in [4.69, 9.17) is 5.11 Å². The first-order chi connectivity index (χ1) is 5.68. The Morgan fingerprint density at radius 1 is 1.31 bits per heavy atom. The monoisotopic (exact) mass is 196 g/mol. The van der Waals surface area contributed by atoms with Crippen molar-refractivity contribution in [3.05, 3.63) is 11.4 Å². The predicted octanol–water partition coefficient (Wildman–Crippen LogP) is 2.61. The van der Waals surface area contributed by atoms with Crippen LogP contribution in [0.4, 0.5) is 13.2 Å². The second-order valence-electron chi connectivity index (χ2n) is 3.58. The number of hydrogen-bond acceptors (Lipinski definition) is 1. The number of rotatable bonds is 2. The van der Waals surface area contributed by atoms with E-state index in [1.165, 1.54) is 20.8 Å². The summed E-state index contributed by atoms with van der Waals surface area (Å²) in [5.41, 5.74) is -2.01. The highest BCUT2D eigenvalue weighted by Gasteiger charge is 2.31. The summed E-state index contributed by atoms with van der Waals surface area (Å²) in [5.74, 6) is -3.51. The second kappa shape index (κ2) is 3.81. The van der Waals surface area contributed by atoms with Crippen LogP contribution in [0.3, 0.4) is 0 Å². The van der Waals surface area contributed by atoms with Gasteiger partial charge in [-0.15, -0.1) is 0 Å². The molecule has 0 saturated heterocycles. The van der Waals surface area contributed by atoms with Gasteiger partial charge in [-0.1, -0.05) is 20.8 Å². The quantitative estimate of drug-likeness (QED) is 0.689. The zero-order valence-corrected chi connectivity index (χ0v) is 7.57. The van der Waals surface area contributed by atoms with Crippen LogP contribution in [-0.2, 0) is 4.79 Å².